The van der Waals surface area contributed by atoms with Gasteiger partial charge in [0.25, 0.3) is 0 Å². The Kier molecular flexibility index (Phi) is 6.51. The maximum Gasteiger partial charge on any atom is 0.365 e. The lowest BCUT2D eigenvalue weighted by Gasteiger charge is -2.32. The highest BCUT2D eigenvalue weighted by Crippen LogP contribution is 2.09. The molecular formula is C10H22NO5+. The SMILES string of the molecule is C[N+](C)(C)[C@@H](CCO)C(=O)OCC(O)CO. The van der Waals surface area contributed by atoms with Gasteiger partial charge in [0.1, 0.15) is 12.7 Å². The molecule has 0 fully saturated rings. The van der Waals surface area contributed by atoms with E-state index in [9.17, 15) is 4.79 Å². The first-order valence-electron chi connectivity index (χ1n) is 5.20. The van der Waals surface area contributed by atoms with Crippen molar-refractivity contribution in [2.24, 2.45) is 0 Å². The lowest BCUT2D eigenvalue weighted by Crippen LogP contribution is -2.51. The number of hydrogen-bond donors (Lipinski definition) is 3. The predicted molar refractivity (Wildman–Crippen MR) is 57.6 cm³/mol. The summed E-state index contributed by atoms with van der Waals surface area (Å²) < 4.78 is 5.20. The molecule has 96 valence electrons. The van der Waals surface area contributed by atoms with E-state index in [1.165, 1.54) is 0 Å². The van der Waals surface area contributed by atoms with E-state index in [0.29, 0.717) is 10.9 Å². The molecule has 2 atom stereocenters. The molecule has 0 aliphatic carbocycles. The summed E-state index contributed by atoms with van der Waals surface area (Å²) in [6, 6.07) is -0.476. The molecule has 0 rings (SSSR count). The number of quaternary nitrogens is 1. The van der Waals surface area contributed by atoms with Gasteiger partial charge < -0.3 is 24.5 Å². The van der Waals surface area contributed by atoms with Crippen molar-refractivity contribution in [1.82, 2.24) is 0 Å². The second-order valence-corrected chi connectivity index (χ2v) is 4.61. The van der Waals surface area contributed by atoms with Gasteiger partial charge in [0.15, 0.2) is 6.04 Å². The van der Waals surface area contributed by atoms with Crippen LogP contribution in [0, 0.1) is 0 Å². The van der Waals surface area contributed by atoms with E-state index in [0.717, 1.165) is 0 Å². The summed E-state index contributed by atoms with van der Waals surface area (Å²) in [5, 5.41) is 26.5. The molecular weight excluding hydrogens is 214 g/mol. The molecule has 0 aromatic heterocycles. The quantitative estimate of drug-likeness (QED) is 0.364. The lowest BCUT2D eigenvalue weighted by molar-refractivity contribution is -0.887. The van der Waals surface area contributed by atoms with E-state index >= 15 is 0 Å². The molecule has 0 saturated heterocycles. The van der Waals surface area contributed by atoms with Crippen LogP contribution in [0.25, 0.3) is 0 Å². The Morgan fingerprint density at radius 2 is 1.88 bits per heavy atom. The topological polar surface area (TPSA) is 87.0 Å². The molecule has 6 nitrogen and oxygen atoms in total. The third-order valence-electron chi connectivity index (χ3n) is 2.24. The Morgan fingerprint density at radius 3 is 2.25 bits per heavy atom. The zero-order valence-electron chi connectivity index (χ0n) is 10.1. The third-order valence-corrected chi connectivity index (χ3v) is 2.24. The summed E-state index contributed by atoms with van der Waals surface area (Å²) in [7, 11) is 5.47. The largest absolute Gasteiger partial charge is 0.458 e. The van der Waals surface area contributed by atoms with Crippen LogP contribution in [0.1, 0.15) is 6.42 Å². The number of aliphatic hydroxyl groups is 3. The van der Waals surface area contributed by atoms with Crippen LogP contribution in [0.5, 0.6) is 0 Å². The van der Waals surface area contributed by atoms with Crippen LogP contribution in [-0.2, 0) is 9.53 Å². The van der Waals surface area contributed by atoms with Crippen molar-refractivity contribution < 1.29 is 29.3 Å². The van der Waals surface area contributed by atoms with Crippen LogP contribution in [0.3, 0.4) is 0 Å². The number of carbonyl (C=O) groups is 1. The van der Waals surface area contributed by atoms with Crippen molar-refractivity contribution in [3.63, 3.8) is 0 Å². The van der Waals surface area contributed by atoms with Crippen LogP contribution < -0.4 is 0 Å². The molecule has 0 heterocycles. The van der Waals surface area contributed by atoms with Gasteiger partial charge in [-0.05, 0) is 0 Å². The predicted octanol–water partition coefficient (Wildman–Crippen LogP) is -1.66. The monoisotopic (exact) mass is 236 g/mol. The number of rotatable bonds is 7. The number of carbonyl (C=O) groups excluding carboxylic acids is 1. The third kappa shape index (κ3) is 5.41. The molecule has 0 amide bonds. The minimum absolute atomic E-state index is 0.0994. The maximum absolute atomic E-state index is 11.7. The minimum Gasteiger partial charge on any atom is -0.458 e. The van der Waals surface area contributed by atoms with Crippen molar-refractivity contribution in [2.45, 2.75) is 18.6 Å². The average molecular weight is 236 g/mol. The number of hydrogen-bond acceptors (Lipinski definition) is 5. The Labute approximate surface area is 95.7 Å². The fraction of sp³-hybridized carbons (Fsp3) is 0.900. The molecule has 0 saturated carbocycles. The van der Waals surface area contributed by atoms with Crippen molar-refractivity contribution in [3.8, 4) is 0 Å². The van der Waals surface area contributed by atoms with Crippen LogP contribution in [0.15, 0.2) is 0 Å². The number of nitrogens with zero attached hydrogens (tertiary/aromatic N) is 1. The highest BCUT2D eigenvalue weighted by Gasteiger charge is 2.32. The zero-order valence-corrected chi connectivity index (χ0v) is 10.1. The van der Waals surface area contributed by atoms with Crippen LogP contribution >= 0.6 is 0 Å². The molecule has 0 aromatic carbocycles. The van der Waals surface area contributed by atoms with E-state index in [1.54, 1.807) is 0 Å². The molecule has 0 spiro atoms. The zero-order chi connectivity index (χ0) is 12.8. The maximum atomic E-state index is 11.7. The van der Waals surface area contributed by atoms with Gasteiger partial charge in [0.05, 0.1) is 27.7 Å². The van der Waals surface area contributed by atoms with E-state index in [-0.39, 0.29) is 13.2 Å². The fourth-order valence-electron chi connectivity index (χ4n) is 1.27. The van der Waals surface area contributed by atoms with Gasteiger partial charge in [-0.25, -0.2) is 4.79 Å². The van der Waals surface area contributed by atoms with Crippen molar-refractivity contribution >= 4 is 5.97 Å². The Hall–Kier alpha value is -0.690. The second-order valence-electron chi connectivity index (χ2n) is 4.61. The van der Waals surface area contributed by atoms with Gasteiger partial charge in [0.2, 0.25) is 0 Å². The molecule has 6 heteroatoms. The first-order chi connectivity index (χ1) is 7.32. The van der Waals surface area contributed by atoms with Gasteiger partial charge in [-0.2, -0.15) is 0 Å². The Balaban J connectivity index is 4.29. The van der Waals surface area contributed by atoms with Gasteiger partial charge in [-0.3, -0.25) is 0 Å². The van der Waals surface area contributed by atoms with Crippen LogP contribution in [-0.4, -0.2) is 78.9 Å². The molecule has 0 aliphatic heterocycles. The first-order valence-corrected chi connectivity index (χ1v) is 5.20. The summed E-state index contributed by atoms with van der Waals surface area (Å²) in [6.45, 7) is -0.766. The summed E-state index contributed by atoms with van der Waals surface area (Å²) >= 11 is 0. The van der Waals surface area contributed by atoms with Crippen LogP contribution in [0.2, 0.25) is 0 Å². The summed E-state index contributed by atoms with van der Waals surface area (Å²) in [5.41, 5.74) is 0. The smallest absolute Gasteiger partial charge is 0.365 e. The molecule has 0 aliphatic rings. The highest BCUT2D eigenvalue weighted by molar-refractivity contribution is 5.74. The normalized spacial score (nSPS) is 15.6. The number of aliphatic hydroxyl groups excluding tert-OH is 3. The molecule has 3 N–H and O–H groups in total. The first kappa shape index (κ1) is 15.3. The second kappa shape index (κ2) is 6.80. The van der Waals surface area contributed by atoms with Gasteiger partial charge in [-0.1, -0.05) is 0 Å². The average Bonchev–Trinajstić information content (AvgIpc) is 2.20. The van der Waals surface area contributed by atoms with E-state index in [4.69, 9.17) is 20.1 Å². The highest BCUT2D eigenvalue weighted by atomic mass is 16.5. The Bertz CT molecular complexity index is 214. The van der Waals surface area contributed by atoms with E-state index in [1.807, 2.05) is 21.1 Å². The Morgan fingerprint density at radius 1 is 1.31 bits per heavy atom. The van der Waals surface area contributed by atoms with Crippen molar-refractivity contribution in [1.29, 1.82) is 0 Å². The number of ether oxygens (including phenoxy) is 1. The number of likely N-dealkylation sites (N-methyl/N-ethyl adjacent to an activating group) is 1. The molecule has 0 bridgehead atoms. The summed E-state index contributed by atoms with van der Waals surface area (Å²) in [6.07, 6.45) is -0.747. The van der Waals surface area contributed by atoms with E-state index in [2.05, 4.69) is 0 Å². The molecule has 16 heavy (non-hydrogen) atoms. The van der Waals surface area contributed by atoms with Crippen LogP contribution in [0.4, 0.5) is 0 Å². The van der Waals surface area contributed by atoms with E-state index < -0.39 is 24.7 Å². The van der Waals surface area contributed by atoms with Gasteiger partial charge in [0, 0.05) is 13.0 Å². The standard InChI is InChI=1S/C10H22NO5/c1-11(2,3)9(4-5-12)10(15)16-7-8(14)6-13/h8-9,12-14H,4-7H2,1-3H3/q+1/t8?,9-/m0/s1. The lowest BCUT2D eigenvalue weighted by atomic mass is 10.1. The molecule has 0 aromatic rings. The number of esters is 1. The summed E-state index contributed by atoms with van der Waals surface area (Å²) in [4.78, 5) is 11.7. The van der Waals surface area contributed by atoms with Crippen molar-refractivity contribution in [2.75, 3.05) is 41.0 Å². The molecule has 0 radical (unpaired) electrons. The van der Waals surface area contributed by atoms with Gasteiger partial charge >= 0.3 is 5.97 Å². The molecule has 1 unspecified atom stereocenters. The van der Waals surface area contributed by atoms with Crippen molar-refractivity contribution in [3.05, 3.63) is 0 Å². The summed E-state index contributed by atoms with van der Waals surface area (Å²) in [5.74, 6) is -0.478. The fourth-order valence-corrected chi connectivity index (χ4v) is 1.27. The minimum atomic E-state index is -1.05. The van der Waals surface area contributed by atoms with Gasteiger partial charge in [-0.15, -0.1) is 0 Å².